The molecule has 0 spiro atoms. The van der Waals surface area contributed by atoms with Gasteiger partial charge >= 0.3 is 12.1 Å². The van der Waals surface area contributed by atoms with Gasteiger partial charge in [0.2, 0.25) is 0 Å². The summed E-state index contributed by atoms with van der Waals surface area (Å²) < 4.78 is 9.79. The quantitative estimate of drug-likeness (QED) is 0.748. The molecular formula is C15H20ClNO4. The summed E-state index contributed by atoms with van der Waals surface area (Å²) >= 11 is 6.18. The predicted octanol–water partition coefficient (Wildman–Crippen LogP) is 3.89. The van der Waals surface area contributed by atoms with E-state index in [1.165, 1.54) is 18.1 Å². The van der Waals surface area contributed by atoms with E-state index in [4.69, 9.17) is 21.1 Å². The Bertz CT molecular complexity index is 504. The minimum absolute atomic E-state index is 0.305. The molecule has 0 atom stereocenters. The number of ether oxygens (including phenoxy) is 2. The summed E-state index contributed by atoms with van der Waals surface area (Å²) in [5.41, 5.74) is 0.871. The lowest BCUT2D eigenvalue weighted by molar-refractivity contribution is 0.0505. The van der Waals surface area contributed by atoms with E-state index < -0.39 is 12.1 Å². The maximum absolute atomic E-state index is 11.8. The highest BCUT2D eigenvalue weighted by Crippen LogP contribution is 2.28. The van der Waals surface area contributed by atoms with Crippen molar-refractivity contribution in [3.05, 3.63) is 28.8 Å². The van der Waals surface area contributed by atoms with Gasteiger partial charge in [-0.1, -0.05) is 25.4 Å². The van der Waals surface area contributed by atoms with Crippen molar-refractivity contribution < 1.29 is 19.1 Å². The van der Waals surface area contributed by atoms with Crippen LogP contribution >= 0.6 is 11.6 Å². The summed E-state index contributed by atoms with van der Waals surface area (Å²) in [5.74, 6) is -0.426. The molecule has 5 nitrogen and oxygen atoms in total. The number of methoxy groups -OCH3 is 1. The van der Waals surface area contributed by atoms with E-state index in [-0.39, 0.29) is 0 Å². The van der Waals surface area contributed by atoms with Crippen LogP contribution in [0.2, 0.25) is 5.02 Å². The maximum atomic E-state index is 11.8. The molecule has 0 unspecified atom stereocenters. The first-order valence-electron chi connectivity index (χ1n) is 6.87. The third-order valence-electron chi connectivity index (χ3n) is 2.75. The molecule has 1 amide bonds. The number of hydrogen-bond acceptors (Lipinski definition) is 4. The molecule has 0 aromatic heterocycles. The average molecular weight is 314 g/mol. The molecule has 21 heavy (non-hydrogen) atoms. The number of anilines is 1. The van der Waals surface area contributed by atoms with Crippen LogP contribution in [0.5, 0.6) is 0 Å². The SMILES string of the molecule is CCCOC(=O)c1ccc(N(CCC)C(=O)OC)c(Cl)c1. The van der Waals surface area contributed by atoms with Gasteiger partial charge in [0, 0.05) is 6.54 Å². The Morgan fingerprint density at radius 3 is 2.48 bits per heavy atom. The topological polar surface area (TPSA) is 55.8 Å². The highest BCUT2D eigenvalue weighted by Gasteiger charge is 2.19. The fourth-order valence-corrected chi connectivity index (χ4v) is 2.06. The van der Waals surface area contributed by atoms with Crippen molar-refractivity contribution in [2.45, 2.75) is 26.7 Å². The van der Waals surface area contributed by atoms with Crippen LogP contribution in [-0.2, 0) is 9.47 Å². The summed E-state index contributed by atoms with van der Waals surface area (Å²) in [7, 11) is 1.31. The highest BCUT2D eigenvalue weighted by atomic mass is 35.5. The highest BCUT2D eigenvalue weighted by molar-refractivity contribution is 6.34. The van der Waals surface area contributed by atoms with Gasteiger partial charge < -0.3 is 9.47 Å². The Labute approximate surface area is 129 Å². The summed E-state index contributed by atoms with van der Waals surface area (Å²) in [6.07, 6.45) is 1.02. The third kappa shape index (κ3) is 4.63. The van der Waals surface area contributed by atoms with Crippen molar-refractivity contribution in [1.29, 1.82) is 0 Å². The van der Waals surface area contributed by atoms with Crippen LogP contribution in [0.4, 0.5) is 10.5 Å². The Morgan fingerprint density at radius 1 is 1.24 bits per heavy atom. The number of rotatable bonds is 6. The van der Waals surface area contributed by atoms with Gasteiger partial charge in [0.25, 0.3) is 0 Å². The van der Waals surface area contributed by atoms with Crippen LogP contribution in [0.15, 0.2) is 18.2 Å². The zero-order chi connectivity index (χ0) is 15.8. The van der Waals surface area contributed by atoms with Crippen LogP contribution in [0.25, 0.3) is 0 Å². The number of carbonyl (C=O) groups excluding carboxylic acids is 2. The normalized spacial score (nSPS) is 10.1. The van der Waals surface area contributed by atoms with Crippen LogP contribution in [-0.4, -0.2) is 32.3 Å². The lowest BCUT2D eigenvalue weighted by Crippen LogP contribution is -2.31. The first-order valence-corrected chi connectivity index (χ1v) is 7.25. The largest absolute Gasteiger partial charge is 0.462 e. The van der Waals surface area contributed by atoms with E-state index in [9.17, 15) is 9.59 Å². The van der Waals surface area contributed by atoms with Crippen LogP contribution in [0.1, 0.15) is 37.0 Å². The maximum Gasteiger partial charge on any atom is 0.414 e. The van der Waals surface area contributed by atoms with E-state index in [0.29, 0.717) is 29.4 Å². The van der Waals surface area contributed by atoms with E-state index in [1.54, 1.807) is 12.1 Å². The molecule has 0 bridgehead atoms. The molecule has 1 rings (SSSR count). The zero-order valence-corrected chi connectivity index (χ0v) is 13.3. The minimum Gasteiger partial charge on any atom is -0.462 e. The number of amides is 1. The lowest BCUT2D eigenvalue weighted by Gasteiger charge is -2.22. The molecule has 1 aromatic rings. The number of benzene rings is 1. The van der Waals surface area contributed by atoms with Gasteiger partial charge in [-0.3, -0.25) is 4.90 Å². The molecule has 116 valence electrons. The van der Waals surface area contributed by atoms with E-state index in [2.05, 4.69) is 0 Å². The molecular weight excluding hydrogens is 294 g/mol. The third-order valence-corrected chi connectivity index (χ3v) is 3.06. The zero-order valence-electron chi connectivity index (χ0n) is 12.5. The first-order chi connectivity index (χ1) is 10.0. The standard InChI is InChI=1S/C15H20ClNO4/c1-4-8-17(15(19)20-3)13-7-6-11(10-12(13)16)14(18)21-9-5-2/h6-7,10H,4-5,8-9H2,1-3H3. The molecule has 0 fully saturated rings. The molecule has 1 aromatic carbocycles. The van der Waals surface area contributed by atoms with Crippen molar-refractivity contribution in [3.63, 3.8) is 0 Å². The van der Waals surface area contributed by atoms with Crippen LogP contribution in [0.3, 0.4) is 0 Å². The van der Waals surface area contributed by atoms with Crippen molar-refractivity contribution in [2.75, 3.05) is 25.2 Å². The Balaban J connectivity index is 2.99. The molecule has 0 N–H and O–H groups in total. The fraction of sp³-hybridized carbons (Fsp3) is 0.467. The minimum atomic E-state index is -0.486. The molecule has 0 aliphatic heterocycles. The van der Waals surface area contributed by atoms with Crippen molar-refractivity contribution in [2.24, 2.45) is 0 Å². The van der Waals surface area contributed by atoms with Gasteiger partial charge in [-0.15, -0.1) is 0 Å². The monoisotopic (exact) mass is 313 g/mol. The second-order valence-corrected chi connectivity index (χ2v) is 4.83. The number of hydrogen-bond donors (Lipinski definition) is 0. The van der Waals surface area contributed by atoms with Crippen molar-refractivity contribution >= 4 is 29.4 Å². The number of esters is 1. The molecule has 0 heterocycles. The van der Waals surface area contributed by atoms with E-state index in [1.807, 2.05) is 13.8 Å². The lowest BCUT2D eigenvalue weighted by atomic mass is 10.2. The molecule has 0 aliphatic rings. The van der Waals surface area contributed by atoms with Gasteiger partial charge in [-0.2, -0.15) is 0 Å². The summed E-state index contributed by atoms with van der Waals surface area (Å²) in [4.78, 5) is 25.0. The number of halogens is 1. The van der Waals surface area contributed by atoms with Crippen LogP contribution in [0, 0.1) is 0 Å². The van der Waals surface area contributed by atoms with Gasteiger partial charge in [-0.25, -0.2) is 9.59 Å². The predicted molar refractivity (Wildman–Crippen MR) is 82.1 cm³/mol. The molecule has 0 saturated heterocycles. The second kappa shape index (κ2) is 8.52. The Morgan fingerprint density at radius 2 is 1.95 bits per heavy atom. The second-order valence-electron chi connectivity index (χ2n) is 4.42. The van der Waals surface area contributed by atoms with Crippen molar-refractivity contribution in [1.82, 2.24) is 0 Å². The van der Waals surface area contributed by atoms with Crippen LogP contribution < -0.4 is 4.90 Å². The molecule has 6 heteroatoms. The Kier molecular flexibility index (Phi) is 7.02. The molecule has 0 saturated carbocycles. The summed E-state index contributed by atoms with van der Waals surface area (Å²) in [5, 5.41) is 0.305. The molecule has 0 radical (unpaired) electrons. The van der Waals surface area contributed by atoms with E-state index >= 15 is 0 Å². The Hall–Kier alpha value is -1.75. The number of nitrogens with zero attached hydrogens (tertiary/aromatic N) is 1. The van der Waals surface area contributed by atoms with Gasteiger partial charge in [0.15, 0.2) is 0 Å². The van der Waals surface area contributed by atoms with Gasteiger partial charge in [0.05, 0.1) is 30.0 Å². The van der Waals surface area contributed by atoms with Crippen molar-refractivity contribution in [3.8, 4) is 0 Å². The molecule has 0 aliphatic carbocycles. The first kappa shape index (κ1) is 17.3. The summed E-state index contributed by atoms with van der Waals surface area (Å²) in [6.45, 7) is 4.71. The number of carbonyl (C=O) groups is 2. The van der Waals surface area contributed by atoms with Gasteiger partial charge in [-0.05, 0) is 31.0 Å². The van der Waals surface area contributed by atoms with Gasteiger partial charge in [0.1, 0.15) is 0 Å². The smallest absolute Gasteiger partial charge is 0.414 e. The fourth-order valence-electron chi connectivity index (χ4n) is 1.77. The summed E-state index contributed by atoms with van der Waals surface area (Å²) in [6, 6.07) is 4.71. The average Bonchev–Trinajstić information content (AvgIpc) is 2.49. The van der Waals surface area contributed by atoms with E-state index in [0.717, 1.165) is 12.8 Å².